The normalized spacial score (nSPS) is 11.9. The van der Waals surface area contributed by atoms with Gasteiger partial charge in [0.1, 0.15) is 11.4 Å². The van der Waals surface area contributed by atoms with E-state index in [-0.39, 0.29) is 22.3 Å². The summed E-state index contributed by atoms with van der Waals surface area (Å²) in [6, 6.07) is 5.60. The third-order valence-corrected chi connectivity index (χ3v) is 3.77. The van der Waals surface area contributed by atoms with E-state index in [9.17, 15) is 18.3 Å². The molecule has 25 heavy (non-hydrogen) atoms. The smallest absolute Gasteiger partial charge is 0.417 e. The minimum Gasteiger partial charge on any atom is -0.506 e. The second kappa shape index (κ2) is 7.69. The van der Waals surface area contributed by atoms with Crippen molar-refractivity contribution in [1.29, 1.82) is 0 Å². The van der Waals surface area contributed by atoms with Crippen LogP contribution in [0.5, 0.6) is 5.75 Å². The van der Waals surface area contributed by atoms with Gasteiger partial charge in [-0.1, -0.05) is 11.6 Å². The quantitative estimate of drug-likeness (QED) is 0.682. The Balaban J connectivity index is 2.25. The summed E-state index contributed by atoms with van der Waals surface area (Å²) >= 11 is 5.76. The SMILES string of the molecule is CCN(CC)c1ccc(N=Nc2ncc(C(F)(F)F)cc2Cl)c(O)c1. The van der Waals surface area contributed by atoms with Crippen LogP contribution in [0.3, 0.4) is 0 Å². The predicted molar refractivity (Wildman–Crippen MR) is 90.1 cm³/mol. The van der Waals surface area contributed by atoms with E-state index >= 15 is 0 Å². The molecule has 0 aliphatic carbocycles. The van der Waals surface area contributed by atoms with Crippen LogP contribution in [-0.2, 0) is 6.18 Å². The summed E-state index contributed by atoms with van der Waals surface area (Å²) in [7, 11) is 0. The molecule has 1 heterocycles. The fraction of sp³-hybridized carbons (Fsp3) is 0.312. The predicted octanol–water partition coefficient (Wildman–Crippen LogP) is 5.72. The van der Waals surface area contributed by atoms with Crippen molar-refractivity contribution >= 4 is 28.8 Å². The van der Waals surface area contributed by atoms with E-state index in [1.165, 1.54) is 0 Å². The maximum absolute atomic E-state index is 12.6. The second-order valence-electron chi connectivity index (χ2n) is 5.07. The van der Waals surface area contributed by atoms with E-state index in [1.54, 1.807) is 18.2 Å². The van der Waals surface area contributed by atoms with E-state index in [0.717, 1.165) is 24.8 Å². The van der Waals surface area contributed by atoms with Crippen LogP contribution in [0.15, 0.2) is 40.7 Å². The number of hydrogen-bond acceptors (Lipinski definition) is 5. The molecule has 0 aliphatic rings. The zero-order chi connectivity index (χ0) is 18.6. The Labute approximate surface area is 147 Å². The lowest BCUT2D eigenvalue weighted by Gasteiger charge is -2.21. The van der Waals surface area contributed by atoms with Crippen molar-refractivity contribution < 1.29 is 18.3 Å². The van der Waals surface area contributed by atoms with Crippen molar-refractivity contribution in [2.24, 2.45) is 10.2 Å². The lowest BCUT2D eigenvalue weighted by molar-refractivity contribution is -0.137. The van der Waals surface area contributed by atoms with Gasteiger partial charge in [0.25, 0.3) is 0 Å². The van der Waals surface area contributed by atoms with Crippen LogP contribution in [0.1, 0.15) is 19.4 Å². The maximum atomic E-state index is 12.6. The molecule has 9 heteroatoms. The van der Waals surface area contributed by atoms with Gasteiger partial charge in [-0.25, -0.2) is 4.98 Å². The molecular formula is C16H16ClF3N4O. The molecule has 2 rings (SSSR count). The van der Waals surface area contributed by atoms with E-state index in [2.05, 4.69) is 15.2 Å². The number of aromatic hydroxyl groups is 1. The van der Waals surface area contributed by atoms with Crippen LogP contribution in [0, 0.1) is 0 Å². The van der Waals surface area contributed by atoms with Crippen LogP contribution in [0.4, 0.5) is 30.4 Å². The van der Waals surface area contributed by atoms with Gasteiger partial charge in [0.15, 0.2) is 5.82 Å². The van der Waals surface area contributed by atoms with Gasteiger partial charge in [0, 0.05) is 31.0 Å². The molecule has 0 spiro atoms. The van der Waals surface area contributed by atoms with E-state index in [0.29, 0.717) is 6.20 Å². The number of phenols is 1. The summed E-state index contributed by atoms with van der Waals surface area (Å²) in [5, 5.41) is 17.3. The number of anilines is 1. The molecule has 0 radical (unpaired) electrons. The van der Waals surface area contributed by atoms with Crippen molar-refractivity contribution in [3.63, 3.8) is 0 Å². The topological polar surface area (TPSA) is 61.1 Å². The van der Waals surface area contributed by atoms with Crippen LogP contribution in [0.25, 0.3) is 0 Å². The first-order valence-electron chi connectivity index (χ1n) is 7.48. The van der Waals surface area contributed by atoms with Gasteiger partial charge in [-0.05, 0) is 32.0 Å². The number of benzene rings is 1. The molecule has 1 aromatic heterocycles. The van der Waals surface area contributed by atoms with Crippen LogP contribution >= 0.6 is 11.6 Å². The molecule has 1 aromatic carbocycles. The number of hydrogen-bond donors (Lipinski definition) is 1. The Morgan fingerprint density at radius 2 is 1.84 bits per heavy atom. The number of halogens is 4. The van der Waals surface area contributed by atoms with Gasteiger partial charge in [-0.2, -0.15) is 13.2 Å². The van der Waals surface area contributed by atoms with E-state index in [4.69, 9.17) is 11.6 Å². The molecule has 0 unspecified atom stereocenters. The van der Waals surface area contributed by atoms with Gasteiger partial charge in [-0.15, -0.1) is 10.2 Å². The molecule has 0 bridgehead atoms. The van der Waals surface area contributed by atoms with Gasteiger partial charge in [-0.3, -0.25) is 0 Å². The summed E-state index contributed by atoms with van der Waals surface area (Å²) in [6.45, 7) is 5.54. The van der Waals surface area contributed by atoms with Crippen molar-refractivity contribution in [2.45, 2.75) is 20.0 Å². The summed E-state index contributed by atoms with van der Waals surface area (Å²) in [4.78, 5) is 5.60. The summed E-state index contributed by atoms with van der Waals surface area (Å²) in [6.07, 6.45) is -3.91. The monoisotopic (exact) mass is 372 g/mol. The molecule has 2 aromatic rings. The fourth-order valence-corrected chi connectivity index (χ4v) is 2.35. The summed E-state index contributed by atoms with van der Waals surface area (Å²) in [5.41, 5.74) is 0.0173. The van der Waals surface area contributed by atoms with Crippen molar-refractivity contribution in [2.75, 3.05) is 18.0 Å². The van der Waals surface area contributed by atoms with Gasteiger partial charge >= 0.3 is 6.18 Å². The van der Waals surface area contributed by atoms with Gasteiger partial charge in [0.2, 0.25) is 0 Å². The highest BCUT2D eigenvalue weighted by Gasteiger charge is 2.31. The molecule has 0 aliphatic heterocycles. The first kappa shape index (κ1) is 19.0. The number of azo groups is 1. The second-order valence-corrected chi connectivity index (χ2v) is 5.48. The van der Waals surface area contributed by atoms with Crippen LogP contribution in [0.2, 0.25) is 5.02 Å². The molecule has 1 N–H and O–H groups in total. The first-order chi connectivity index (χ1) is 11.8. The molecule has 0 saturated heterocycles. The molecule has 0 fully saturated rings. The molecule has 0 saturated carbocycles. The molecule has 5 nitrogen and oxygen atoms in total. The van der Waals surface area contributed by atoms with Crippen molar-refractivity contribution in [3.05, 3.63) is 41.0 Å². The van der Waals surface area contributed by atoms with Gasteiger partial charge in [0.05, 0.1) is 10.6 Å². The zero-order valence-electron chi connectivity index (χ0n) is 13.5. The molecule has 0 atom stereocenters. The number of alkyl halides is 3. The van der Waals surface area contributed by atoms with Crippen LogP contribution in [-0.4, -0.2) is 23.2 Å². The number of rotatable bonds is 5. The average molecular weight is 373 g/mol. The Kier molecular flexibility index (Phi) is 5.84. The highest BCUT2D eigenvalue weighted by atomic mass is 35.5. The Morgan fingerprint density at radius 3 is 2.36 bits per heavy atom. The maximum Gasteiger partial charge on any atom is 0.417 e. The van der Waals surface area contributed by atoms with E-state index in [1.807, 2.05) is 18.7 Å². The third kappa shape index (κ3) is 4.60. The number of phenolic OH excluding ortho intramolecular Hbond substituents is 1. The molecular weight excluding hydrogens is 357 g/mol. The average Bonchev–Trinajstić information content (AvgIpc) is 2.55. The Hall–Kier alpha value is -2.35. The Morgan fingerprint density at radius 1 is 1.16 bits per heavy atom. The first-order valence-corrected chi connectivity index (χ1v) is 7.86. The lowest BCUT2D eigenvalue weighted by atomic mass is 10.2. The number of aromatic nitrogens is 1. The fourth-order valence-electron chi connectivity index (χ4n) is 2.14. The van der Waals surface area contributed by atoms with Gasteiger partial charge < -0.3 is 10.0 Å². The van der Waals surface area contributed by atoms with Crippen molar-refractivity contribution in [1.82, 2.24) is 4.98 Å². The largest absolute Gasteiger partial charge is 0.506 e. The lowest BCUT2D eigenvalue weighted by Crippen LogP contribution is -2.21. The molecule has 0 amide bonds. The highest BCUT2D eigenvalue weighted by Crippen LogP contribution is 2.35. The van der Waals surface area contributed by atoms with Crippen LogP contribution < -0.4 is 4.90 Å². The highest BCUT2D eigenvalue weighted by molar-refractivity contribution is 6.32. The third-order valence-electron chi connectivity index (χ3n) is 3.49. The summed E-state index contributed by atoms with van der Waals surface area (Å²) < 4.78 is 37.7. The standard InChI is InChI=1S/C16H16ClF3N4O/c1-3-24(4-2)11-5-6-13(14(25)8-11)22-23-15-12(17)7-10(9-21-15)16(18,19)20/h5-9,25H,3-4H2,1-2H3. The Bertz CT molecular complexity index is 776. The minimum atomic E-state index is -4.54. The van der Waals surface area contributed by atoms with Crippen molar-refractivity contribution in [3.8, 4) is 5.75 Å². The van der Waals surface area contributed by atoms with E-state index < -0.39 is 11.7 Å². The molecule has 134 valence electrons. The minimum absolute atomic E-state index is 0.101. The summed E-state index contributed by atoms with van der Waals surface area (Å²) in [5.74, 6) is -0.266. The number of nitrogens with zero attached hydrogens (tertiary/aromatic N) is 4. The number of pyridine rings is 1. The zero-order valence-corrected chi connectivity index (χ0v) is 14.3.